The summed E-state index contributed by atoms with van der Waals surface area (Å²) >= 11 is 1.41. The standard InChI is InChI=1S/C18H16F2N2O2S/c1-11-5-3-4-6-15(11)16-21-22-18(24-16)25-12(2)13-7-9-14(10-8-13)23-17(19)20/h3-10,12,17H,1-2H3. The zero-order valence-electron chi connectivity index (χ0n) is 13.6. The lowest BCUT2D eigenvalue weighted by molar-refractivity contribution is -0.0498. The van der Waals surface area contributed by atoms with E-state index in [4.69, 9.17) is 4.42 Å². The minimum Gasteiger partial charge on any atom is -0.435 e. The van der Waals surface area contributed by atoms with Gasteiger partial charge in [0.05, 0.1) is 0 Å². The number of nitrogens with zero attached hydrogens (tertiary/aromatic N) is 2. The average molecular weight is 362 g/mol. The van der Waals surface area contributed by atoms with Gasteiger partial charge in [-0.2, -0.15) is 8.78 Å². The highest BCUT2D eigenvalue weighted by molar-refractivity contribution is 7.99. The third-order valence-electron chi connectivity index (χ3n) is 3.63. The summed E-state index contributed by atoms with van der Waals surface area (Å²) in [6.07, 6.45) is 0. The highest BCUT2D eigenvalue weighted by Gasteiger charge is 2.15. The number of halogens is 2. The van der Waals surface area contributed by atoms with Crippen molar-refractivity contribution in [3.05, 3.63) is 59.7 Å². The van der Waals surface area contributed by atoms with E-state index in [2.05, 4.69) is 14.9 Å². The van der Waals surface area contributed by atoms with Gasteiger partial charge in [0.15, 0.2) is 0 Å². The van der Waals surface area contributed by atoms with Crippen LogP contribution >= 0.6 is 11.8 Å². The highest BCUT2D eigenvalue weighted by atomic mass is 32.2. The van der Waals surface area contributed by atoms with Gasteiger partial charge in [0.2, 0.25) is 5.89 Å². The number of rotatable bonds is 6. The van der Waals surface area contributed by atoms with Crippen molar-refractivity contribution >= 4 is 11.8 Å². The first kappa shape index (κ1) is 17.4. The molecule has 0 radical (unpaired) electrons. The Morgan fingerprint density at radius 2 is 1.76 bits per heavy atom. The maximum Gasteiger partial charge on any atom is 0.387 e. The van der Waals surface area contributed by atoms with Gasteiger partial charge in [-0.3, -0.25) is 0 Å². The molecular weight excluding hydrogens is 346 g/mol. The molecule has 1 atom stereocenters. The lowest BCUT2D eigenvalue weighted by Gasteiger charge is -2.10. The monoisotopic (exact) mass is 362 g/mol. The molecule has 0 aliphatic rings. The predicted molar refractivity (Wildman–Crippen MR) is 91.8 cm³/mol. The van der Waals surface area contributed by atoms with Crippen LogP contribution in [-0.4, -0.2) is 16.8 Å². The van der Waals surface area contributed by atoms with E-state index in [1.165, 1.54) is 23.9 Å². The molecule has 0 N–H and O–H groups in total. The first-order valence-electron chi connectivity index (χ1n) is 7.64. The van der Waals surface area contributed by atoms with Gasteiger partial charge in [-0.05, 0) is 43.2 Å². The molecule has 25 heavy (non-hydrogen) atoms. The number of alkyl halides is 2. The second kappa shape index (κ2) is 7.65. The van der Waals surface area contributed by atoms with Crippen LogP contribution in [0.4, 0.5) is 8.78 Å². The van der Waals surface area contributed by atoms with Crippen molar-refractivity contribution in [2.45, 2.75) is 30.9 Å². The van der Waals surface area contributed by atoms with Crippen molar-refractivity contribution in [2.75, 3.05) is 0 Å². The first-order valence-corrected chi connectivity index (χ1v) is 8.52. The Hall–Kier alpha value is -2.41. The molecule has 2 aromatic carbocycles. The zero-order chi connectivity index (χ0) is 17.8. The van der Waals surface area contributed by atoms with Gasteiger partial charge < -0.3 is 9.15 Å². The average Bonchev–Trinajstić information content (AvgIpc) is 3.03. The van der Waals surface area contributed by atoms with Gasteiger partial charge in [0.25, 0.3) is 5.22 Å². The van der Waals surface area contributed by atoms with Gasteiger partial charge in [-0.15, -0.1) is 10.2 Å². The van der Waals surface area contributed by atoms with E-state index in [1.54, 1.807) is 12.1 Å². The minimum atomic E-state index is -2.82. The fraction of sp³-hybridized carbons (Fsp3) is 0.222. The Bertz CT molecular complexity index is 837. The highest BCUT2D eigenvalue weighted by Crippen LogP contribution is 2.36. The maximum absolute atomic E-state index is 12.2. The lowest BCUT2D eigenvalue weighted by Crippen LogP contribution is -2.01. The molecule has 1 unspecified atom stereocenters. The van der Waals surface area contributed by atoms with Crippen LogP contribution in [0.5, 0.6) is 5.75 Å². The van der Waals surface area contributed by atoms with Crippen LogP contribution in [0.25, 0.3) is 11.5 Å². The van der Waals surface area contributed by atoms with E-state index in [0.29, 0.717) is 11.1 Å². The molecule has 1 heterocycles. The molecule has 0 bridgehead atoms. The molecule has 3 rings (SSSR count). The molecule has 0 aliphatic carbocycles. The number of thioether (sulfide) groups is 1. The lowest BCUT2D eigenvalue weighted by atomic mass is 10.1. The zero-order valence-corrected chi connectivity index (χ0v) is 14.5. The second-order valence-electron chi connectivity index (χ2n) is 5.40. The summed E-state index contributed by atoms with van der Waals surface area (Å²) in [4.78, 5) is 0. The molecule has 0 saturated heterocycles. The van der Waals surface area contributed by atoms with Crippen LogP contribution < -0.4 is 4.74 Å². The SMILES string of the molecule is Cc1ccccc1-c1nnc(SC(C)c2ccc(OC(F)F)cc2)o1. The molecule has 4 nitrogen and oxygen atoms in total. The van der Waals surface area contributed by atoms with Crippen molar-refractivity contribution < 1.29 is 17.9 Å². The molecule has 0 saturated carbocycles. The number of hydrogen-bond donors (Lipinski definition) is 0. The van der Waals surface area contributed by atoms with Crippen molar-refractivity contribution in [3.8, 4) is 17.2 Å². The number of aromatic nitrogens is 2. The van der Waals surface area contributed by atoms with Crippen LogP contribution in [0.2, 0.25) is 0 Å². The van der Waals surface area contributed by atoms with Gasteiger partial charge in [-0.25, -0.2) is 0 Å². The largest absolute Gasteiger partial charge is 0.435 e. The van der Waals surface area contributed by atoms with Gasteiger partial charge >= 0.3 is 6.61 Å². The topological polar surface area (TPSA) is 48.2 Å². The Morgan fingerprint density at radius 1 is 1.04 bits per heavy atom. The Balaban J connectivity index is 1.69. The Morgan fingerprint density at radius 3 is 2.44 bits per heavy atom. The van der Waals surface area contributed by atoms with Crippen LogP contribution in [0.1, 0.15) is 23.3 Å². The van der Waals surface area contributed by atoms with Crippen LogP contribution in [-0.2, 0) is 0 Å². The normalized spacial score (nSPS) is 12.4. The molecule has 0 fully saturated rings. The van der Waals surface area contributed by atoms with Gasteiger partial charge in [0, 0.05) is 10.8 Å². The van der Waals surface area contributed by atoms with E-state index in [9.17, 15) is 8.78 Å². The fourth-order valence-corrected chi connectivity index (χ4v) is 3.13. The van der Waals surface area contributed by atoms with E-state index in [0.717, 1.165) is 16.7 Å². The van der Waals surface area contributed by atoms with E-state index in [1.807, 2.05) is 38.1 Å². The summed E-state index contributed by atoms with van der Waals surface area (Å²) in [6.45, 7) is 1.14. The van der Waals surface area contributed by atoms with Crippen molar-refractivity contribution in [1.29, 1.82) is 0 Å². The van der Waals surface area contributed by atoms with Crippen LogP contribution in [0, 0.1) is 6.92 Å². The Labute approximate surface area is 148 Å². The molecule has 1 aromatic heterocycles. The van der Waals surface area contributed by atoms with E-state index in [-0.39, 0.29) is 11.0 Å². The number of ether oxygens (including phenoxy) is 1. The summed E-state index contributed by atoms with van der Waals surface area (Å²) in [5, 5.41) is 8.65. The smallest absolute Gasteiger partial charge is 0.387 e. The van der Waals surface area contributed by atoms with E-state index < -0.39 is 6.61 Å². The quantitative estimate of drug-likeness (QED) is 0.542. The van der Waals surface area contributed by atoms with E-state index >= 15 is 0 Å². The van der Waals surface area contributed by atoms with Crippen LogP contribution in [0.3, 0.4) is 0 Å². The summed E-state index contributed by atoms with van der Waals surface area (Å²) in [5.41, 5.74) is 2.91. The summed E-state index contributed by atoms with van der Waals surface area (Å²) < 4.78 is 34.5. The van der Waals surface area contributed by atoms with Crippen molar-refractivity contribution in [3.63, 3.8) is 0 Å². The summed E-state index contributed by atoms with van der Waals surface area (Å²) in [7, 11) is 0. The summed E-state index contributed by atoms with van der Waals surface area (Å²) in [6, 6.07) is 14.3. The van der Waals surface area contributed by atoms with Gasteiger partial charge in [0.1, 0.15) is 5.75 Å². The van der Waals surface area contributed by atoms with Crippen LogP contribution in [0.15, 0.2) is 58.2 Å². The molecule has 7 heteroatoms. The second-order valence-corrected chi connectivity index (χ2v) is 6.69. The van der Waals surface area contributed by atoms with Gasteiger partial charge in [-0.1, -0.05) is 42.1 Å². The Kier molecular flexibility index (Phi) is 5.33. The first-order chi connectivity index (χ1) is 12.0. The molecule has 3 aromatic rings. The third kappa shape index (κ3) is 4.36. The third-order valence-corrected chi connectivity index (χ3v) is 4.63. The van der Waals surface area contributed by atoms with Crippen molar-refractivity contribution in [2.24, 2.45) is 0 Å². The predicted octanol–water partition coefficient (Wildman–Crippen LogP) is 5.50. The molecule has 0 amide bonds. The fourth-order valence-electron chi connectivity index (χ4n) is 2.32. The summed E-state index contributed by atoms with van der Waals surface area (Å²) in [5.74, 6) is 0.615. The number of benzene rings is 2. The maximum atomic E-state index is 12.2. The minimum absolute atomic E-state index is 0.0192. The molecule has 0 spiro atoms. The van der Waals surface area contributed by atoms with Crippen molar-refractivity contribution in [1.82, 2.24) is 10.2 Å². The number of aryl methyl sites for hydroxylation is 1. The molecular formula is C18H16F2N2O2S. The number of hydrogen-bond acceptors (Lipinski definition) is 5. The molecule has 130 valence electrons. The molecule has 0 aliphatic heterocycles.